The summed E-state index contributed by atoms with van der Waals surface area (Å²) in [7, 11) is 0. The minimum atomic E-state index is 0.141. The fourth-order valence-electron chi connectivity index (χ4n) is 1.97. The zero-order valence-corrected chi connectivity index (χ0v) is 14.5. The molecule has 0 aliphatic carbocycles. The maximum atomic E-state index is 6.04. The van der Waals surface area contributed by atoms with E-state index in [1.807, 2.05) is 12.1 Å². The number of benzene rings is 2. The van der Waals surface area contributed by atoms with E-state index in [-0.39, 0.29) is 5.41 Å². The van der Waals surface area contributed by atoms with Crippen LogP contribution in [0.25, 0.3) is 0 Å². The van der Waals surface area contributed by atoms with Gasteiger partial charge < -0.3 is 9.47 Å². The highest BCUT2D eigenvalue weighted by atomic mass is 35.5. The third-order valence-corrected chi connectivity index (χ3v) is 3.83. The second-order valence-electron chi connectivity index (χ2n) is 6.02. The molecule has 0 bridgehead atoms. The summed E-state index contributed by atoms with van der Waals surface area (Å²) in [5, 5.41) is 1.00. The Bertz CT molecular complexity index is 596. The Kier molecular flexibility index (Phi) is 5.60. The van der Waals surface area contributed by atoms with Crippen LogP contribution in [0.4, 0.5) is 0 Å². The number of ether oxygens (including phenoxy) is 2. The zero-order chi connectivity index (χ0) is 16.2. The highest BCUT2D eigenvalue weighted by molar-refractivity contribution is 6.37. The molecule has 2 nitrogen and oxygen atoms in total. The highest BCUT2D eigenvalue weighted by Gasteiger charge is 2.13. The van der Waals surface area contributed by atoms with Crippen molar-refractivity contribution in [3.05, 3.63) is 58.1 Å². The maximum absolute atomic E-state index is 6.04. The highest BCUT2D eigenvalue weighted by Crippen LogP contribution is 2.32. The molecular formula is C18H20Cl2O2. The van der Waals surface area contributed by atoms with E-state index in [0.29, 0.717) is 29.0 Å². The minimum absolute atomic E-state index is 0.141. The predicted molar refractivity (Wildman–Crippen MR) is 92.6 cm³/mol. The van der Waals surface area contributed by atoms with Crippen LogP contribution in [0.5, 0.6) is 11.5 Å². The Hall–Kier alpha value is -1.38. The van der Waals surface area contributed by atoms with Gasteiger partial charge >= 0.3 is 0 Å². The van der Waals surface area contributed by atoms with E-state index < -0.39 is 0 Å². The van der Waals surface area contributed by atoms with E-state index in [2.05, 4.69) is 32.9 Å². The van der Waals surface area contributed by atoms with Gasteiger partial charge in [0.2, 0.25) is 0 Å². The standard InChI is InChI=1S/C18H20Cl2O2/c1-18(2,3)13-7-9-14(10-8-13)21-11-12-22-17-15(19)5-4-6-16(17)20/h4-10H,11-12H2,1-3H3. The van der Waals surface area contributed by atoms with Crippen molar-refractivity contribution in [2.45, 2.75) is 26.2 Å². The molecule has 0 unspecified atom stereocenters. The van der Waals surface area contributed by atoms with Gasteiger partial charge in [-0.3, -0.25) is 0 Å². The van der Waals surface area contributed by atoms with Crippen LogP contribution in [0.15, 0.2) is 42.5 Å². The number of para-hydroxylation sites is 1. The first-order chi connectivity index (χ1) is 10.4. The van der Waals surface area contributed by atoms with E-state index >= 15 is 0 Å². The number of rotatable bonds is 5. The van der Waals surface area contributed by atoms with Crippen LogP contribution in [0, 0.1) is 0 Å². The monoisotopic (exact) mass is 338 g/mol. The van der Waals surface area contributed by atoms with Crippen molar-refractivity contribution in [2.75, 3.05) is 13.2 Å². The Labute approximate surface area is 142 Å². The molecule has 0 aliphatic heterocycles. The molecule has 0 saturated carbocycles. The summed E-state index contributed by atoms with van der Waals surface area (Å²) in [5.74, 6) is 1.32. The fraction of sp³-hybridized carbons (Fsp3) is 0.333. The van der Waals surface area contributed by atoms with Crippen LogP contribution in [0.1, 0.15) is 26.3 Å². The Morgan fingerprint density at radius 3 is 1.91 bits per heavy atom. The third-order valence-electron chi connectivity index (χ3n) is 3.24. The molecule has 0 saturated heterocycles. The summed E-state index contributed by atoms with van der Waals surface area (Å²) in [6.07, 6.45) is 0. The van der Waals surface area contributed by atoms with Gasteiger partial charge in [0, 0.05) is 0 Å². The van der Waals surface area contributed by atoms with Gasteiger partial charge in [0.05, 0.1) is 10.0 Å². The topological polar surface area (TPSA) is 18.5 Å². The SMILES string of the molecule is CC(C)(C)c1ccc(OCCOc2c(Cl)cccc2Cl)cc1. The molecule has 2 aromatic rings. The van der Waals surface area contributed by atoms with Gasteiger partial charge in [0.25, 0.3) is 0 Å². The van der Waals surface area contributed by atoms with Crippen molar-refractivity contribution in [1.82, 2.24) is 0 Å². The molecule has 0 fully saturated rings. The van der Waals surface area contributed by atoms with Crippen LogP contribution >= 0.6 is 23.2 Å². The quantitative estimate of drug-likeness (QED) is 0.646. The Morgan fingerprint density at radius 1 is 0.818 bits per heavy atom. The van der Waals surface area contributed by atoms with Crippen molar-refractivity contribution < 1.29 is 9.47 Å². The second-order valence-corrected chi connectivity index (χ2v) is 6.84. The summed E-state index contributed by atoms with van der Waals surface area (Å²) in [6, 6.07) is 13.4. The molecular weight excluding hydrogens is 319 g/mol. The van der Waals surface area contributed by atoms with E-state index in [1.54, 1.807) is 18.2 Å². The third kappa shape index (κ3) is 4.56. The van der Waals surface area contributed by atoms with Gasteiger partial charge in [-0.1, -0.05) is 62.2 Å². The van der Waals surface area contributed by atoms with Gasteiger partial charge in [-0.05, 0) is 35.2 Å². The molecule has 118 valence electrons. The fourth-order valence-corrected chi connectivity index (χ4v) is 2.48. The molecule has 0 heterocycles. The van der Waals surface area contributed by atoms with Gasteiger partial charge in [0.15, 0.2) is 5.75 Å². The lowest BCUT2D eigenvalue weighted by Gasteiger charge is -2.19. The average Bonchev–Trinajstić information content (AvgIpc) is 2.45. The smallest absolute Gasteiger partial charge is 0.156 e. The average molecular weight is 339 g/mol. The molecule has 0 N–H and O–H groups in total. The molecule has 0 atom stereocenters. The van der Waals surface area contributed by atoms with E-state index in [4.69, 9.17) is 32.7 Å². The molecule has 4 heteroatoms. The molecule has 0 radical (unpaired) electrons. The Balaban J connectivity index is 1.84. The van der Waals surface area contributed by atoms with Crippen LogP contribution in [-0.4, -0.2) is 13.2 Å². The van der Waals surface area contributed by atoms with E-state index in [0.717, 1.165) is 5.75 Å². The molecule has 0 aromatic heterocycles. The first kappa shape index (κ1) is 17.0. The van der Waals surface area contributed by atoms with Gasteiger partial charge in [-0.2, -0.15) is 0 Å². The van der Waals surface area contributed by atoms with Crippen LogP contribution in [0.3, 0.4) is 0 Å². The van der Waals surface area contributed by atoms with Gasteiger partial charge in [-0.25, -0.2) is 0 Å². The molecule has 0 spiro atoms. The van der Waals surface area contributed by atoms with Crippen LogP contribution in [-0.2, 0) is 5.41 Å². The molecule has 2 aromatic carbocycles. The molecule has 0 aliphatic rings. The summed E-state index contributed by atoms with van der Waals surface area (Å²) in [5.41, 5.74) is 1.42. The van der Waals surface area contributed by atoms with Crippen LogP contribution in [0.2, 0.25) is 10.0 Å². The van der Waals surface area contributed by atoms with Crippen molar-refractivity contribution >= 4 is 23.2 Å². The summed E-state index contributed by atoms with van der Waals surface area (Å²) in [6.45, 7) is 7.36. The van der Waals surface area contributed by atoms with Crippen LogP contribution < -0.4 is 9.47 Å². The number of halogens is 2. The summed E-state index contributed by atoms with van der Waals surface area (Å²) in [4.78, 5) is 0. The van der Waals surface area contributed by atoms with Crippen molar-refractivity contribution in [3.8, 4) is 11.5 Å². The van der Waals surface area contributed by atoms with Gasteiger partial charge in [-0.15, -0.1) is 0 Å². The maximum Gasteiger partial charge on any atom is 0.156 e. The lowest BCUT2D eigenvalue weighted by Crippen LogP contribution is -2.11. The lowest BCUT2D eigenvalue weighted by molar-refractivity contribution is 0.217. The van der Waals surface area contributed by atoms with Crippen molar-refractivity contribution in [2.24, 2.45) is 0 Å². The Morgan fingerprint density at radius 2 is 1.36 bits per heavy atom. The minimum Gasteiger partial charge on any atom is -0.490 e. The first-order valence-electron chi connectivity index (χ1n) is 7.18. The van der Waals surface area contributed by atoms with E-state index in [1.165, 1.54) is 5.56 Å². The number of hydrogen-bond acceptors (Lipinski definition) is 2. The van der Waals surface area contributed by atoms with Crippen molar-refractivity contribution in [3.63, 3.8) is 0 Å². The summed E-state index contributed by atoms with van der Waals surface area (Å²) < 4.78 is 11.2. The molecule has 0 amide bonds. The van der Waals surface area contributed by atoms with Crippen molar-refractivity contribution in [1.29, 1.82) is 0 Å². The van der Waals surface area contributed by atoms with Gasteiger partial charge in [0.1, 0.15) is 19.0 Å². The van der Waals surface area contributed by atoms with E-state index in [9.17, 15) is 0 Å². The normalized spacial score (nSPS) is 11.3. The molecule has 22 heavy (non-hydrogen) atoms. The predicted octanol–water partition coefficient (Wildman–Crippen LogP) is 5.75. The summed E-state index contributed by atoms with van der Waals surface area (Å²) >= 11 is 12.1. The first-order valence-corrected chi connectivity index (χ1v) is 7.93. The zero-order valence-electron chi connectivity index (χ0n) is 13.0. The lowest BCUT2D eigenvalue weighted by atomic mass is 9.87. The largest absolute Gasteiger partial charge is 0.490 e. The molecule has 2 rings (SSSR count). The number of hydrogen-bond donors (Lipinski definition) is 0. The second kappa shape index (κ2) is 7.26.